The Labute approximate surface area is 186 Å². The summed E-state index contributed by atoms with van der Waals surface area (Å²) in [6.07, 6.45) is -0.307. The zero-order valence-electron chi connectivity index (χ0n) is 17.1. The Hall–Kier alpha value is -2.97. The molecule has 0 aliphatic rings. The molecule has 0 fully saturated rings. The molecule has 2 aromatic carbocycles. The third-order valence-electron chi connectivity index (χ3n) is 4.23. The van der Waals surface area contributed by atoms with Crippen LogP contribution in [0.1, 0.15) is 29.1 Å². The lowest BCUT2D eigenvalue weighted by Crippen LogP contribution is -2.20. The van der Waals surface area contributed by atoms with Gasteiger partial charge in [0, 0.05) is 10.3 Å². The number of carboxylic acids is 1. The van der Waals surface area contributed by atoms with Crippen LogP contribution in [0.2, 0.25) is 0 Å². The highest BCUT2D eigenvalue weighted by Gasteiger charge is 2.41. The van der Waals surface area contributed by atoms with E-state index in [1.54, 1.807) is 19.9 Å². The van der Waals surface area contributed by atoms with Gasteiger partial charge in [-0.15, -0.1) is 11.3 Å². The summed E-state index contributed by atoms with van der Waals surface area (Å²) in [5.74, 6) is -1.80. The zero-order valence-corrected chi connectivity index (χ0v) is 18.9. The summed E-state index contributed by atoms with van der Waals surface area (Å²) in [7, 11) is -3.98. The van der Waals surface area contributed by atoms with E-state index in [9.17, 15) is 22.9 Å². The summed E-state index contributed by atoms with van der Waals surface area (Å²) in [4.78, 5) is 22.8. The topological polar surface area (TPSA) is 102 Å². The molecule has 1 heterocycles. The van der Waals surface area contributed by atoms with E-state index >= 15 is 0 Å². The van der Waals surface area contributed by atoms with Gasteiger partial charge in [0.25, 0.3) is 0 Å². The molecule has 3 aromatic rings. The molecule has 0 aliphatic heterocycles. The van der Waals surface area contributed by atoms with Gasteiger partial charge < -0.3 is 19.7 Å². The van der Waals surface area contributed by atoms with Gasteiger partial charge in [-0.3, -0.25) is 9.36 Å². The first-order chi connectivity index (χ1) is 15.1. The maximum absolute atomic E-state index is 14.9. The number of carbonyl (C=O) groups is 2. The number of carbonyl (C=O) groups excluding carboxylic acids is 1. The van der Waals surface area contributed by atoms with Crippen molar-refractivity contribution in [1.29, 1.82) is 0 Å². The summed E-state index contributed by atoms with van der Waals surface area (Å²) in [6.45, 7) is 3.16. The van der Waals surface area contributed by atoms with Crippen LogP contribution < -0.4 is 9.84 Å². The van der Waals surface area contributed by atoms with Gasteiger partial charge in [0.15, 0.2) is 0 Å². The fraction of sp³-hybridized carbons (Fsp3) is 0.238. The molecule has 2 N–H and O–H groups in total. The van der Waals surface area contributed by atoms with E-state index in [0.717, 1.165) is 23.5 Å². The minimum atomic E-state index is -3.98. The molecule has 0 saturated carbocycles. The van der Waals surface area contributed by atoms with Crippen LogP contribution in [0.25, 0.3) is 10.1 Å². The largest absolute Gasteiger partial charge is 0.477 e. The Morgan fingerprint density at radius 1 is 1.19 bits per heavy atom. The third-order valence-corrected chi connectivity index (χ3v) is 6.54. The SMILES string of the molecule is CC(C)OC(=O)CNc1ccccc1O[PH](=O)C(F)(F)c1ccc2sc(C(=O)O)cc2c1. The molecule has 3 rings (SSSR count). The smallest absolute Gasteiger partial charge is 0.354 e. The minimum Gasteiger partial charge on any atom is -0.477 e. The average Bonchev–Trinajstić information content (AvgIpc) is 3.16. The van der Waals surface area contributed by atoms with Crippen molar-refractivity contribution in [3.05, 3.63) is 59.0 Å². The summed E-state index contributed by atoms with van der Waals surface area (Å²) in [5, 5.41) is 12.1. The van der Waals surface area contributed by atoms with Crippen LogP contribution in [0.3, 0.4) is 0 Å². The number of hydrogen-bond donors (Lipinski definition) is 2. The molecule has 11 heteroatoms. The number of aromatic carboxylic acids is 1. The standard InChI is InChI=1S/C21H20F2NO6PS/c1-12(2)29-19(25)11-24-15-5-3-4-6-16(15)30-31(28)21(22,23)14-7-8-17-13(9-14)10-18(32-17)20(26)27/h3-10,12,24,31H,11H2,1-2H3,(H,26,27). The van der Waals surface area contributed by atoms with E-state index in [1.165, 1.54) is 30.3 Å². The molecule has 1 unspecified atom stereocenters. The van der Waals surface area contributed by atoms with Crippen LogP contribution in [-0.2, 0) is 19.8 Å². The van der Waals surface area contributed by atoms with Crippen LogP contribution >= 0.6 is 19.4 Å². The van der Waals surface area contributed by atoms with Gasteiger partial charge in [0.2, 0.25) is 0 Å². The van der Waals surface area contributed by atoms with Crippen molar-refractivity contribution < 1.29 is 37.3 Å². The molecule has 170 valence electrons. The van der Waals surface area contributed by atoms with E-state index in [4.69, 9.17) is 14.4 Å². The molecular formula is C21H20F2NO6PS. The Morgan fingerprint density at radius 3 is 2.59 bits per heavy atom. The lowest BCUT2D eigenvalue weighted by atomic mass is 10.1. The molecule has 0 radical (unpaired) electrons. The number of rotatable bonds is 9. The summed E-state index contributed by atoms with van der Waals surface area (Å²) >= 11 is 0.957. The third kappa shape index (κ3) is 5.44. The van der Waals surface area contributed by atoms with E-state index in [0.29, 0.717) is 10.1 Å². The van der Waals surface area contributed by atoms with Crippen molar-refractivity contribution in [2.24, 2.45) is 0 Å². The number of fused-ring (bicyclic) bond motifs is 1. The predicted molar refractivity (Wildman–Crippen MR) is 118 cm³/mol. The fourth-order valence-corrected chi connectivity index (χ4v) is 4.58. The van der Waals surface area contributed by atoms with Gasteiger partial charge in [-0.2, -0.15) is 8.78 Å². The molecule has 0 spiro atoms. The predicted octanol–water partition coefficient (Wildman–Crippen LogP) is 5.57. The Balaban J connectivity index is 1.78. The summed E-state index contributed by atoms with van der Waals surface area (Å²) in [6, 6.07) is 10.8. The number of thiophene rings is 1. The quantitative estimate of drug-likeness (QED) is 0.303. The van der Waals surface area contributed by atoms with Crippen LogP contribution in [0.15, 0.2) is 48.5 Å². The van der Waals surface area contributed by atoms with Crippen LogP contribution in [0.4, 0.5) is 14.5 Å². The maximum Gasteiger partial charge on any atom is 0.354 e. The number of hydrogen-bond acceptors (Lipinski definition) is 7. The molecule has 32 heavy (non-hydrogen) atoms. The van der Waals surface area contributed by atoms with Gasteiger partial charge in [-0.25, -0.2) is 4.79 Å². The molecule has 0 amide bonds. The number of anilines is 1. The van der Waals surface area contributed by atoms with E-state index in [-0.39, 0.29) is 29.0 Å². The molecule has 1 aromatic heterocycles. The number of benzene rings is 2. The number of ether oxygens (including phenoxy) is 1. The monoisotopic (exact) mass is 483 g/mol. The van der Waals surface area contributed by atoms with Gasteiger partial charge in [0.1, 0.15) is 17.2 Å². The van der Waals surface area contributed by atoms with E-state index < -0.39 is 31.2 Å². The van der Waals surface area contributed by atoms with Gasteiger partial charge in [-0.1, -0.05) is 18.2 Å². The van der Waals surface area contributed by atoms with Gasteiger partial charge in [0.05, 0.1) is 11.8 Å². The van der Waals surface area contributed by atoms with Crippen molar-refractivity contribution in [1.82, 2.24) is 0 Å². The van der Waals surface area contributed by atoms with Crippen molar-refractivity contribution in [3.63, 3.8) is 0 Å². The minimum absolute atomic E-state index is 0.0142. The van der Waals surface area contributed by atoms with Crippen LogP contribution in [0.5, 0.6) is 5.75 Å². The highest BCUT2D eigenvalue weighted by atomic mass is 32.1. The van der Waals surface area contributed by atoms with Gasteiger partial charge in [-0.05, 0) is 49.6 Å². The van der Waals surface area contributed by atoms with Crippen molar-refractivity contribution in [2.75, 3.05) is 11.9 Å². The average molecular weight is 483 g/mol. The molecule has 0 aliphatic carbocycles. The molecule has 0 bridgehead atoms. The number of alkyl halides is 2. The van der Waals surface area contributed by atoms with Gasteiger partial charge >= 0.3 is 25.6 Å². The first-order valence-electron chi connectivity index (χ1n) is 9.47. The zero-order chi connectivity index (χ0) is 23.5. The van der Waals surface area contributed by atoms with E-state index in [2.05, 4.69) is 5.32 Å². The molecule has 7 nitrogen and oxygen atoms in total. The van der Waals surface area contributed by atoms with Crippen LogP contribution in [0, 0.1) is 0 Å². The molecule has 0 saturated heterocycles. The Morgan fingerprint density at radius 2 is 1.91 bits per heavy atom. The summed E-state index contributed by atoms with van der Waals surface area (Å²) < 4.78 is 53.0. The Kier molecular flexibility index (Phi) is 7.16. The highest BCUT2D eigenvalue weighted by molar-refractivity contribution is 7.40. The molecule has 1 atom stereocenters. The number of halogens is 2. The second kappa shape index (κ2) is 9.67. The van der Waals surface area contributed by atoms with E-state index in [1.807, 2.05) is 0 Å². The number of para-hydroxylation sites is 2. The molecular weight excluding hydrogens is 463 g/mol. The lowest BCUT2D eigenvalue weighted by molar-refractivity contribution is -0.145. The number of carboxylic acid groups (broad SMARTS) is 1. The second-order valence-corrected chi connectivity index (χ2v) is 9.51. The lowest BCUT2D eigenvalue weighted by Gasteiger charge is -2.19. The first-order valence-corrected chi connectivity index (χ1v) is 11.6. The van der Waals surface area contributed by atoms with Crippen molar-refractivity contribution in [3.8, 4) is 5.75 Å². The maximum atomic E-state index is 14.9. The second-order valence-electron chi connectivity index (χ2n) is 7.02. The fourth-order valence-electron chi connectivity index (χ4n) is 2.80. The normalized spacial score (nSPS) is 12.5. The van der Waals surface area contributed by atoms with Crippen molar-refractivity contribution >= 4 is 47.1 Å². The van der Waals surface area contributed by atoms with Crippen LogP contribution in [-0.4, -0.2) is 29.7 Å². The number of nitrogens with one attached hydrogen (secondary N) is 1. The Bertz CT molecular complexity index is 1180. The number of esters is 1. The first kappa shape index (κ1) is 23.7. The summed E-state index contributed by atoms with van der Waals surface area (Å²) in [5.41, 5.74) is -4.15. The van der Waals surface area contributed by atoms with Crippen molar-refractivity contribution in [2.45, 2.75) is 25.6 Å². The highest BCUT2D eigenvalue weighted by Crippen LogP contribution is 2.52.